The van der Waals surface area contributed by atoms with Crippen LogP contribution in [0.25, 0.3) is 0 Å². The van der Waals surface area contributed by atoms with E-state index in [4.69, 9.17) is 27.7 Å². The molecular weight excluding hydrogens is 554 g/mol. The minimum atomic E-state index is -0.890. The normalized spacial score (nSPS) is 15.8. The van der Waals surface area contributed by atoms with Crippen LogP contribution in [0, 0.1) is 5.41 Å². The lowest BCUT2D eigenvalue weighted by Gasteiger charge is -2.46. The van der Waals surface area contributed by atoms with Crippen LogP contribution in [0.4, 0.5) is 27.7 Å². The van der Waals surface area contributed by atoms with Gasteiger partial charge in [0.25, 0.3) is 0 Å². The Bertz CT molecular complexity index is 1340. The average molecular weight is 598 g/mol. The number of nitrogens with zero attached hydrogens (tertiary/aromatic N) is 3. The van der Waals surface area contributed by atoms with Crippen molar-refractivity contribution in [1.82, 2.24) is 14.8 Å². The number of benzene rings is 1. The Balaban J connectivity index is 1.55. The molecule has 2 aromatic rings. The molecule has 3 amide bonds. The molecule has 11 N–H and O–H groups in total. The zero-order valence-electron chi connectivity index (χ0n) is 24.9. The zero-order chi connectivity index (χ0) is 31.7. The molecule has 43 heavy (non-hydrogen) atoms. The highest BCUT2D eigenvalue weighted by Gasteiger charge is 2.37. The van der Waals surface area contributed by atoms with Crippen LogP contribution in [-0.2, 0) is 0 Å². The standard InChI is InChI=1S/C29H43N9O5/c1-29(2,3)23-17-37(10-11-38(23)28(41)42)9-6-12-43-22-15-18(25(32)39)13-20(30)24(22)34-7-4-5-8-35-27-21(31)14-19(16-36-27)26(33)40/h4-5,13-16,23,34H,6-12,17,30-31H2,1-3H3,(H2,32,39)(H2,33,40)(H,35,36)(H,41,42). The summed E-state index contributed by atoms with van der Waals surface area (Å²) in [5.74, 6) is -0.374. The first-order valence-corrected chi connectivity index (χ1v) is 14.0. The van der Waals surface area contributed by atoms with Crippen LogP contribution in [0.1, 0.15) is 47.9 Å². The van der Waals surface area contributed by atoms with Crippen LogP contribution in [0.3, 0.4) is 0 Å². The minimum absolute atomic E-state index is 0.109. The third-order valence-electron chi connectivity index (χ3n) is 7.16. The molecule has 3 rings (SSSR count). The van der Waals surface area contributed by atoms with Crippen molar-refractivity contribution in [2.75, 3.05) is 68.0 Å². The lowest BCUT2D eigenvalue weighted by atomic mass is 9.84. The molecule has 14 heteroatoms. The first-order chi connectivity index (χ1) is 20.3. The van der Waals surface area contributed by atoms with Crippen molar-refractivity contribution in [1.29, 1.82) is 0 Å². The Hall–Kier alpha value is -4.72. The molecule has 1 aliphatic rings. The average Bonchev–Trinajstić information content (AvgIpc) is 2.93. The second-order valence-electron chi connectivity index (χ2n) is 11.4. The van der Waals surface area contributed by atoms with Gasteiger partial charge in [0.2, 0.25) is 11.8 Å². The van der Waals surface area contributed by atoms with Gasteiger partial charge in [0, 0.05) is 51.0 Å². The molecule has 1 fully saturated rings. The lowest BCUT2D eigenvalue weighted by molar-refractivity contribution is 0.0203. The number of piperazine rings is 1. The van der Waals surface area contributed by atoms with Gasteiger partial charge in [0.15, 0.2) is 0 Å². The van der Waals surface area contributed by atoms with Gasteiger partial charge in [-0.1, -0.05) is 32.9 Å². The maximum Gasteiger partial charge on any atom is 0.407 e. The molecule has 1 aromatic carbocycles. The second-order valence-corrected chi connectivity index (χ2v) is 11.4. The summed E-state index contributed by atoms with van der Waals surface area (Å²) in [6, 6.07) is 4.42. The maximum atomic E-state index is 11.8. The van der Waals surface area contributed by atoms with Gasteiger partial charge < -0.3 is 48.3 Å². The van der Waals surface area contributed by atoms with E-state index < -0.39 is 17.9 Å². The molecule has 0 spiro atoms. The number of carboxylic acid groups (broad SMARTS) is 1. The summed E-state index contributed by atoms with van der Waals surface area (Å²) in [4.78, 5) is 42.7. The van der Waals surface area contributed by atoms with E-state index in [0.29, 0.717) is 74.4 Å². The molecule has 1 aromatic heterocycles. The van der Waals surface area contributed by atoms with E-state index >= 15 is 0 Å². The number of nitrogens with one attached hydrogen (secondary N) is 2. The SMILES string of the molecule is CC(C)(C)C1CN(CCCOc2cc(C(N)=O)cc(N)c2NCC=CCNc2ncc(C(N)=O)cc2N)CCN1C(=O)O. The molecule has 0 bridgehead atoms. The topological polar surface area (TPSA) is 228 Å². The monoisotopic (exact) mass is 597 g/mol. The molecule has 234 valence electrons. The third-order valence-corrected chi connectivity index (χ3v) is 7.16. The lowest BCUT2D eigenvalue weighted by Crippen LogP contribution is -2.59. The van der Waals surface area contributed by atoms with E-state index in [2.05, 4.69) is 41.3 Å². The Labute approximate surface area is 251 Å². The molecule has 1 aliphatic heterocycles. The Kier molecular flexibility index (Phi) is 11.0. The van der Waals surface area contributed by atoms with Crippen molar-refractivity contribution in [2.45, 2.75) is 33.2 Å². The number of hydrogen-bond acceptors (Lipinski definition) is 10. The van der Waals surface area contributed by atoms with Gasteiger partial charge >= 0.3 is 6.09 Å². The Morgan fingerprint density at radius 3 is 2.28 bits per heavy atom. The number of nitrogens with two attached hydrogens (primary N) is 4. The summed E-state index contributed by atoms with van der Waals surface area (Å²) in [6.07, 6.45) is 4.88. The predicted molar refractivity (Wildman–Crippen MR) is 167 cm³/mol. The van der Waals surface area contributed by atoms with Crippen LogP contribution in [-0.4, -0.2) is 89.7 Å². The zero-order valence-corrected chi connectivity index (χ0v) is 24.9. The number of rotatable bonds is 13. The summed E-state index contributed by atoms with van der Waals surface area (Å²) < 4.78 is 6.06. The van der Waals surface area contributed by atoms with E-state index in [1.807, 2.05) is 12.2 Å². The largest absolute Gasteiger partial charge is 0.491 e. The fourth-order valence-electron chi connectivity index (χ4n) is 4.81. The third kappa shape index (κ3) is 9.13. The number of anilines is 4. The smallest absolute Gasteiger partial charge is 0.407 e. The quantitative estimate of drug-likeness (QED) is 0.100. The highest BCUT2D eigenvalue weighted by Crippen LogP contribution is 2.33. The first kappa shape index (κ1) is 32.8. The highest BCUT2D eigenvalue weighted by atomic mass is 16.5. The number of ether oxygens (including phenoxy) is 1. The van der Waals surface area contributed by atoms with Gasteiger partial charge in [0.05, 0.1) is 29.6 Å². The van der Waals surface area contributed by atoms with Crippen LogP contribution < -0.4 is 38.3 Å². The van der Waals surface area contributed by atoms with E-state index in [0.717, 1.165) is 6.54 Å². The van der Waals surface area contributed by atoms with Crippen LogP contribution in [0.2, 0.25) is 0 Å². The van der Waals surface area contributed by atoms with Gasteiger partial charge in [0.1, 0.15) is 17.3 Å². The summed E-state index contributed by atoms with van der Waals surface area (Å²) >= 11 is 0. The van der Waals surface area contributed by atoms with Crippen LogP contribution >= 0.6 is 0 Å². The number of aromatic nitrogens is 1. The summed E-state index contributed by atoms with van der Waals surface area (Å²) in [7, 11) is 0. The number of hydrogen-bond donors (Lipinski definition) is 7. The van der Waals surface area contributed by atoms with E-state index in [1.54, 1.807) is 6.07 Å². The maximum absolute atomic E-state index is 11.8. The molecule has 1 saturated heterocycles. The minimum Gasteiger partial charge on any atom is -0.491 e. The number of carbonyl (C=O) groups is 3. The molecule has 2 heterocycles. The Morgan fingerprint density at radius 1 is 1.02 bits per heavy atom. The van der Waals surface area contributed by atoms with Gasteiger partial charge in [-0.2, -0.15) is 0 Å². The van der Waals surface area contributed by atoms with Crippen molar-refractivity contribution in [3.8, 4) is 5.75 Å². The Morgan fingerprint density at radius 2 is 1.67 bits per heavy atom. The summed E-state index contributed by atoms with van der Waals surface area (Å²) in [6.45, 7) is 9.83. The number of nitrogen functional groups attached to an aromatic ring is 2. The molecule has 0 aliphatic carbocycles. The molecule has 14 nitrogen and oxygen atoms in total. The number of pyridine rings is 1. The molecule has 0 radical (unpaired) electrons. The molecular formula is C29H43N9O5. The van der Waals surface area contributed by atoms with Crippen molar-refractivity contribution in [3.05, 3.63) is 47.7 Å². The van der Waals surface area contributed by atoms with Crippen molar-refractivity contribution >= 4 is 40.8 Å². The van der Waals surface area contributed by atoms with Gasteiger partial charge in [-0.25, -0.2) is 9.78 Å². The second kappa shape index (κ2) is 14.4. The van der Waals surface area contributed by atoms with Crippen LogP contribution in [0.5, 0.6) is 5.75 Å². The highest BCUT2D eigenvalue weighted by molar-refractivity contribution is 5.96. The number of carbonyl (C=O) groups excluding carboxylic acids is 2. The van der Waals surface area contributed by atoms with Gasteiger partial charge in [-0.3, -0.25) is 14.5 Å². The molecule has 1 unspecified atom stereocenters. The molecule has 0 saturated carbocycles. The van der Waals surface area contributed by atoms with Gasteiger partial charge in [-0.15, -0.1) is 0 Å². The van der Waals surface area contributed by atoms with E-state index in [-0.39, 0.29) is 22.6 Å². The number of amides is 3. The fraction of sp³-hybridized carbons (Fsp3) is 0.448. The predicted octanol–water partition coefficient (Wildman–Crippen LogP) is 2.00. The number of primary amides is 2. The van der Waals surface area contributed by atoms with Crippen molar-refractivity contribution < 1.29 is 24.2 Å². The first-order valence-electron chi connectivity index (χ1n) is 14.0. The van der Waals surface area contributed by atoms with E-state index in [1.165, 1.54) is 23.2 Å². The van der Waals surface area contributed by atoms with Crippen LogP contribution in [0.15, 0.2) is 36.5 Å². The fourth-order valence-corrected chi connectivity index (χ4v) is 4.81. The molecule has 1 atom stereocenters. The van der Waals surface area contributed by atoms with Gasteiger partial charge in [-0.05, 0) is 30.0 Å². The van der Waals surface area contributed by atoms with E-state index in [9.17, 15) is 19.5 Å². The summed E-state index contributed by atoms with van der Waals surface area (Å²) in [5.41, 5.74) is 24.3. The van der Waals surface area contributed by atoms with Crippen molar-refractivity contribution in [3.63, 3.8) is 0 Å². The van der Waals surface area contributed by atoms with Crippen molar-refractivity contribution in [2.24, 2.45) is 16.9 Å². The summed E-state index contributed by atoms with van der Waals surface area (Å²) in [5, 5.41) is 15.9.